The number of aliphatic carboxylic acids is 1. The largest absolute Gasteiger partial charge is 0.481 e. The number of carbonyl (C=O) groups excluding carboxylic acids is 2. The predicted octanol–water partition coefficient (Wildman–Crippen LogP) is -8.35. The maximum Gasteiger partial charge on any atom is 0.330 e. The van der Waals surface area contributed by atoms with Gasteiger partial charge in [-0.3, -0.25) is 9.59 Å². The SMILES string of the molecule is O=C(O)CC(=O)OC[C@H]1O[C@@H](OC2CC(O)CC3[OH+]C(C4CCC(O)C(O)C4)C(O[C@@H]4O[C@H](COC(=O)C=CC5CCC(O[C@@H]6O[C@H](CO)[C@@H](O)[C@H](O)[C@H]6O)CC5)[C@@H](O)[C@H](O)[C@H]4O[C@@H]4O[C@H](CO)[C@@H](O)[C@H](O)[C@H]4O)CC23)[C@H](O)[C@@H](O)[C@@H]1O. The third-order valence-electron chi connectivity index (χ3n) is 17.1. The Morgan fingerprint density at radius 2 is 1.02 bits per heavy atom. The van der Waals surface area contributed by atoms with E-state index in [1.165, 1.54) is 0 Å². The fourth-order valence-corrected chi connectivity index (χ4v) is 12.3. The number of allylic oxidation sites excluding steroid dienone is 1. The molecular weight excluding hydrogens is 1110 g/mol. The molecule has 0 spiro atoms. The minimum atomic E-state index is -2.03. The van der Waals surface area contributed by atoms with E-state index in [-0.39, 0.29) is 38.0 Å². The van der Waals surface area contributed by atoms with Gasteiger partial charge < -0.3 is 139 Å². The van der Waals surface area contributed by atoms with Crippen molar-refractivity contribution in [3.8, 4) is 0 Å². The van der Waals surface area contributed by atoms with Crippen LogP contribution >= 0.6 is 0 Å². The maximum atomic E-state index is 13.3. The molecule has 3 saturated carbocycles. The molecule has 31 nitrogen and oxygen atoms in total. The van der Waals surface area contributed by atoms with Gasteiger partial charge in [0, 0.05) is 24.8 Å². The summed E-state index contributed by atoms with van der Waals surface area (Å²) >= 11 is 0. The van der Waals surface area contributed by atoms with Gasteiger partial charge in [-0.15, -0.1) is 0 Å². The van der Waals surface area contributed by atoms with Crippen LogP contribution in [-0.4, -0.2) is 308 Å². The monoisotopic (exact) mass is 1190 g/mol. The van der Waals surface area contributed by atoms with Crippen LogP contribution < -0.4 is 0 Å². The zero-order valence-corrected chi connectivity index (χ0v) is 44.5. The van der Waals surface area contributed by atoms with Gasteiger partial charge in [0.25, 0.3) is 0 Å². The van der Waals surface area contributed by atoms with Crippen LogP contribution in [0.3, 0.4) is 0 Å². The standard InChI is InChI=1S/C51H80O31/c52-14-28-35(61)39(65)43(69)48(78-28)74-21-5-1-18(2-6-21)3-8-33(59)72-16-31-38(64)42(68)47(82-50-45(71)40(66)36(62)29(15-53)79-50)51(81-31)77-27-12-22-25(75-46(27)19-4-7-23(55)24(56)9-19)10-20(54)11-26(22)76-49-44(70)41(67)37(63)30(80-49)17-73-34(60)13-32(57)58/h3,8,18-31,35-56,61-71H,1-2,4-7,9-17H2,(H,57,58)/p+1/t18?,19?,20?,21?,22?,23?,24?,25?,26?,27?,28-,29-,30-,31-,35-,36-,37-,38-,39+,40+,41+,42+,43-,44-,45-,46?,47-,48-,49-,50+,51-/m1/s1. The number of hydrogen-bond donors (Lipinski definition) is 17. The van der Waals surface area contributed by atoms with Gasteiger partial charge in [0.2, 0.25) is 0 Å². The van der Waals surface area contributed by atoms with Crippen LogP contribution in [-0.2, 0) is 61.8 Å². The molecule has 18 N–H and O–H groups in total. The Hall–Kier alpha value is -2.85. The summed E-state index contributed by atoms with van der Waals surface area (Å²) in [4.78, 5) is 36.3. The number of hydrogen-bond acceptors (Lipinski definition) is 29. The second-order valence-corrected chi connectivity index (χ2v) is 22.7. The van der Waals surface area contributed by atoms with Crippen molar-refractivity contribution >= 4 is 17.9 Å². The molecule has 5 heterocycles. The van der Waals surface area contributed by atoms with E-state index in [4.69, 9.17) is 57.2 Å². The number of carbonyl (C=O) groups is 3. The molecule has 0 aromatic carbocycles. The number of fused-ring (bicyclic) bond motifs is 1. The highest BCUT2D eigenvalue weighted by Crippen LogP contribution is 2.45. The van der Waals surface area contributed by atoms with Crippen molar-refractivity contribution in [2.24, 2.45) is 17.8 Å². The number of rotatable bonds is 19. The van der Waals surface area contributed by atoms with Crippen LogP contribution in [0.1, 0.15) is 70.6 Å². The molecule has 8 fully saturated rings. The van der Waals surface area contributed by atoms with E-state index in [0.717, 1.165) is 6.08 Å². The summed E-state index contributed by atoms with van der Waals surface area (Å²) in [6, 6.07) is 0. The highest BCUT2D eigenvalue weighted by molar-refractivity contribution is 5.90. The maximum absolute atomic E-state index is 13.3. The molecule has 0 aromatic rings. The molecule has 29 atom stereocenters. The van der Waals surface area contributed by atoms with Crippen LogP contribution in [0.15, 0.2) is 12.2 Å². The van der Waals surface area contributed by atoms with Crippen molar-refractivity contribution in [2.75, 3.05) is 26.4 Å². The Kier molecular flexibility index (Phi) is 22.9. The summed E-state index contributed by atoms with van der Waals surface area (Å²) in [6.45, 7) is -2.95. The number of carboxylic acids is 1. The van der Waals surface area contributed by atoms with Crippen molar-refractivity contribution in [3.63, 3.8) is 0 Å². The van der Waals surface area contributed by atoms with Crippen LogP contribution in [0.4, 0.5) is 0 Å². The zero-order valence-electron chi connectivity index (χ0n) is 44.5. The summed E-state index contributed by atoms with van der Waals surface area (Å²) in [5.41, 5.74) is 0. The fraction of sp³-hybridized carbons (Fsp3) is 0.902. The average Bonchev–Trinajstić information content (AvgIpc) is 3.45. The highest BCUT2D eigenvalue weighted by Gasteiger charge is 2.58. The number of esters is 2. The van der Waals surface area contributed by atoms with Gasteiger partial charge in [-0.2, -0.15) is 0 Å². The lowest BCUT2D eigenvalue weighted by atomic mass is 9.72. The summed E-state index contributed by atoms with van der Waals surface area (Å²) in [5.74, 6) is -5.00. The summed E-state index contributed by atoms with van der Waals surface area (Å²) < 4.78 is 63.6. The van der Waals surface area contributed by atoms with Gasteiger partial charge in [0.15, 0.2) is 37.4 Å². The second-order valence-electron chi connectivity index (χ2n) is 22.7. The van der Waals surface area contributed by atoms with Crippen molar-refractivity contribution in [1.29, 1.82) is 0 Å². The quantitative estimate of drug-likeness (QED) is 0.0247. The molecule has 8 aliphatic rings. The molecular formula is C51H81O31+. The Bertz CT molecular complexity index is 2080. The van der Waals surface area contributed by atoms with Gasteiger partial charge >= 0.3 is 17.9 Å². The molecule has 5 saturated heterocycles. The first-order valence-electron chi connectivity index (χ1n) is 27.9. The first-order valence-corrected chi connectivity index (χ1v) is 27.9. The summed E-state index contributed by atoms with van der Waals surface area (Å²) in [5, 5.41) is 180. The summed E-state index contributed by atoms with van der Waals surface area (Å²) in [7, 11) is 0. The van der Waals surface area contributed by atoms with Crippen LogP contribution in [0.25, 0.3) is 0 Å². The molecule has 3 aliphatic carbocycles. The topological polar surface area (TPSA) is 500 Å². The highest BCUT2D eigenvalue weighted by atomic mass is 16.8. The lowest BCUT2D eigenvalue weighted by Gasteiger charge is -2.50. The van der Waals surface area contributed by atoms with E-state index in [1.54, 1.807) is 6.08 Å². The van der Waals surface area contributed by atoms with Crippen molar-refractivity contribution in [3.05, 3.63) is 12.2 Å². The number of carboxylic acid groups (broad SMARTS) is 1. The van der Waals surface area contributed by atoms with E-state index in [1.807, 2.05) is 0 Å². The summed E-state index contributed by atoms with van der Waals surface area (Å²) in [6.07, 6.45) is -38.3. The van der Waals surface area contributed by atoms with Crippen molar-refractivity contribution in [1.82, 2.24) is 0 Å². The minimum absolute atomic E-state index is 0.0108. The van der Waals surface area contributed by atoms with Gasteiger partial charge in [-0.1, -0.05) is 6.08 Å². The lowest BCUT2D eigenvalue weighted by Crippen LogP contribution is -2.66. The molecule has 9 unspecified atom stereocenters. The lowest BCUT2D eigenvalue weighted by molar-refractivity contribution is -0.390. The van der Waals surface area contributed by atoms with E-state index in [2.05, 4.69) is 0 Å². The molecule has 0 bridgehead atoms. The third kappa shape index (κ3) is 15.3. The molecule has 31 heteroatoms. The third-order valence-corrected chi connectivity index (χ3v) is 17.1. The van der Waals surface area contributed by atoms with Gasteiger partial charge in [-0.25, -0.2) is 4.79 Å². The predicted molar refractivity (Wildman–Crippen MR) is 262 cm³/mol. The second kappa shape index (κ2) is 28.8. The molecule has 0 radical (unpaired) electrons. The van der Waals surface area contributed by atoms with E-state index >= 15 is 0 Å². The van der Waals surface area contributed by atoms with Crippen molar-refractivity contribution in [2.45, 2.75) is 242 Å². The molecule has 0 amide bonds. The van der Waals surface area contributed by atoms with E-state index < -0.39 is 234 Å². The van der Waals surface area contributed by atoms with Gasteiger partial charge in [0.1, 0.15) is 123 Å². The normalized spacial score (nSPS) is 48.5. The Morgan fingerprint density at radius 1 is 0.500 bits per heavy atom. The Morgan fingerprint density at radius 3 is 1.61 bits per heavy atom. The number of ether oxygens (including phenoxy) is 11. The molecule has 82 heavy (non-hydrogen) atoms. The zero-order chi connectivity index (χ0) is 59.4. The van der Waals surface area contributed by atoms with Gasteiger partial charge in [-0.05, 0) is 57.3 Å². The van der Waals surface area contributed by atoms with Crippen molar-refractivity contribution < 1.29 is 153 Å². The Labute approximate surface area is 468 Å². The van der Waals surface area contributed by atoms with Crippen LogP contribution in [0.2, 0.25) is 0 Å². The van der Waals surface area contributed by atoms with E-state index in [9.17, 15) is 96.1 Å². The van der Waals surface area contributed by atoms with Crippen LogP contribution in [0, 0.1) is 17.8 Å². The fourth-order valence-electron chi connectivity index (χ4n) is 12.3. The molecule has 8 rings (SSSR count). The first kappa shape index (κ1) is 65.1. The number of aliphatic hydroxyl groups is 18. The van der Waals surface area contributed by atoms with Crippen LogP contribution in [0.5, 0.6) is 0 Å². The van der Waals surface area contributed by atoms with Gasteiger partial charge in [0.05, 0.1) is 49.7 Å². The minimum Gasteiger partial charge on any atom is -0.481 e. The van der Waals surface area contributed by atoms with E-state index in [0.29, 0.717) is 32.1 Å². The smallest absolute Gasteiger partial charge is 0.330 e. The Balaban J connectivity index is 0.990. The molecule has 470 valence electrons. The number of aliphatic hydroxyl groups excluding tert-OH is 16. The average molecular weight is 1190 g/mol. The molecule has 5 aliphatic heterocycles. The molecule has 0 aromatic heterocycles. The first-order chi connectivity index (χ1) is 39.0.